The standard InChI is InChI=1S/C18H32O11/c1-2-3-4-5-6-26-18-16(14(24)12(22)10(8-20)28-18)29-17-15(25)13(23)11(21)9(7-19)27-17/h4-5,9-25H,2-3,6-8H2,1H3/b5-4+/t9-,10-,11-,12-,13+,14+,15-,16-,17+,18-/m1/s1. The zero-order valence-electron chi connectivity index (χ0n) is 16.2. The van der Waals surface area contributed by atoms with Crippen LogP contribution >= 0.6 is 0 Å². The van der Waals surface area contributed by atoms with Gasteiger partial charge in [-0.1, -0.05) is 25.5 Å². The van der Waals surface area contributed by atoms with Gasteiger partial charge in [-0.3, -0.25) is 0 Å². The van der Waals surface area contributed by atoms with Gasteiger partial charge in [0, 0.05) is 0 Å². The summed E-state index contributed by atoms with van der Waals surface area (Å²) in [5.74, 6) is 0. The van der Waals surface area contributed by atoms with Crippen molar-refractivity contribution in [2.75, 3.05) is 19.8 Å². The molecule has 2 heterocycles. The third-order valence-corrected chi connectivity index (χ3v) is 4.94. The number of unbranched alkanes of at least 4 members (excludes halogenated alkanes) is 1. The van der Waals surface area contributed by atoms with E-state index < -0.39 is 74.6 Å². The van der Waals surface area contributed by atoms with Crippen molar-refractivity contribution < 1.29 is 54.7 Å². The highest BCUT2D eigenvalue weighted by atomic mass is 16.8. The molecule has 0 radical (unpaired) electrons. The Hall–Kier alpha value is -0.700. The van der Waals surface area contributed by atoms with Crippen LogP contribution in [-0.2, 0) is 18.9 Å². The number of hydrogen-bond donors (Lipinski definition) is 7. The van der Waals surface area contributed by atoms with Gasteiger partial charge >= 0.3 is 0 Å². The van der Waals surface area contributed by atoms with Gasteiger partial charge in [-0.2, -0.15) is 0 Å². The summed E-state index contributed by atoms with van der Waals surface area (Å²) in [6.45, 7) is 0.895. The van der Waals surface area contributed by atoms with Gasteiger partial charge in [-0.25, -0.2) is 0 Å². The van der Waals surface area contributed by atoms with Crippen molar-refractivity contribution in [1.82, 2.24) is 0 Å². The van der Waals surface area contributed by atoms with E-state index in [1.54, 1.807) is 6.08 Å². The Morgan fingerprint density at radius 2 is 1.34 bits per heavy atom. The second-order valence-electron chi connectivity index (χ2n) is 7.10. The highest BCUT2D eigenvalue weighted by molar-refractivity contribution is 4.94. The smallest absolute Gasteiger partial charge is 0.187 e. The molecule has 170 valence electrons. The highest BCUT2D eigenvalue weighted by Crippen LogP contribution is 2.29. The van der Waals surface area contributed by atoms with E-state index in [2.05, 4.69) is 0 Å². The van der Waals surface area contributed by atoms with E-state index in [1.807, 2.05) is 13.0 Å². The molecule has 2 rings (SSSR count). The average Bonchev–Trinajstić information content (AvgIpc) is 2.72. The lowest BCUT2D eigenvalue weighted by atomic mass is 9.97. The zero-order valence-corrected chi connectivity index (χ0v) is 16.2. The van der Waals surface area contributed by atoms with Crippen LogP contribution in [0.4, 0.5) is 0 Å². The molecule has 0 aromatic heterocycles. The molecular formula is C18H32O11. The predicted octanol–water partition coefficient (Wildman–Crippen LogP) is -3.02. The van der Waals surface area contributed by atoms with E-state index in [9.17, 15) is 35.7 Å². The Balaban J connectivity index is 2.11. The maximum atomic E-state index is 10.4. The number of ether oxygens (including phenoxy) is 4. The Morgan fingerprint density at radius 1 is 0.759 bits per heavy atom. The Labute approximate surface area is 168 Å². The second kappa shape index (κ2) is 11.6. The average molecular weight is 424 g/mol. The van der Waals surface area contributed by atoms with Gasteiger partial charge < -0.3 is 54.7 Å². The molecule has 0 aliphatic carbocycles. The third kappa shape index (κ3) is 5.93. The van der Waals surface area contributed by atoms with Crippen molar-refractivity contribution >= 4 is 0 Å². The lowest BCUT2D eigenvalue weighted by Crippen LogP contribution is -2.64. The molecule has 11 heteroatoms. The van der Waals surface area contributed by atoms with Gasteiger partial charge in [0.25, 0.3) is 0 Å². The minimum Gasteiger partial charge on any atom is -0.394 e. The van der Waals surface area contributed by atoms with E-state index in [-0.39, 0.29) is 6.61 Å². The molecule has 7 N–H and O–H groups in total. The van der Waals surface area contributed by atoms with Crippen molar-refractivity contribution in [2.24, 2.45) is 0 Å². The molecule has 29 heavy (non-hydrogen) atoms. The summed E-state index contributed by atoms with van der Waals surface area (Å²) < 4.78 is 21.8. The molecular weight excluding hydrogens is 392 g/mol. The Bertz CT molecular complexity index is 502. The minimum atomic E-state index is -1.70. The van der Waals surface area contributed by atoms with Crippen molar-refractivity contribution in [3.05, 3.63) is 12.2 Å². The summed E-state index contributed by atoms with van der Waals surface area (Å²) in [4.78, 5) is 0. The molecule has 11 nitrogen and oxygen atoms in total. The first-order chi connectivity index (χ1) is 13.8. The Morgan fingerprint density at radius 3 is 1.93 bits per heavy atom. The molecule has 0 amide bonds. The van der Waals surface area contributed by atoms with E-state index in [1.165, 1.54) is 0 Å². The zero-order chi connectivity index (χ0) is 21.6. The second-order valence-corrected chi connectivity index (χ2v) is 7.10. The minimum absolute atomic E-state index is 0.0974. The highest BCUT2D eigenvalue weighted by Gasteiger charge is 2.50. The van der Waals surface area contributed by atoms with E-state index >= 15 is 0 Å². The summed E-state index contributed by atoms with van der Waals surface area (Å²) in [6.07, 6.45) is -9.03. The molecule has 10 atom stereocenters. The van der Waals surface area contributed by atoms with Crippen LogP contribution in [0.5, 0.6) is 0 Å². The monoisotopic (exact) mass is 424 g/mol. The topological polar surface area (TPSA) is 179 Å². The fourth-order valence-corrected chi connectivity index (χ4v) is 3.17. The number of rotatable bonds is 9. The van der Waals surface area contributed by atoms with Gasteiger partial charge in [0.1, 0.15) is 48.8 Å². The molecule has 2 aliphatic rings. The van der Waals surface area contributed by atoms with Gasteiger partial charge in [0.15, 0.2) is 12.6 Å². The largest absolute Gasteiger partial charge is 0.394 e. The van der Waals surface area contributed by atoms with E-state index in [4.69, 9.17) is 18.9 Å². The van der Waals surface area contributed by atoms with Crippen LogP contribution in [-0.4, -0.2) is 117 Å². The fraction of sp³-hybridized carbons (Fsp3) is 0.889. The van der Waals surface area contributed by atoms with Crippen LogP contribution in [0.15, 0.2) is 12.2 Å². The normalized spacial score (nSPS) is 43.7. The number of aliphatic hydroxyl groups is 7. The molecule has 0 unspecified atom stereocenters. The molecule has 2 aliphatic heterocycles. The third-order valence-electron chi connectivity index (χ3n) is 4.94. The van der Waals surface area contributed by atoms with Crippen molar-refractivity contribution in [3.8, 4) is 0 Å². The summed E-state index contributed by atoms with van der Waals surface area (Å²) in [5, 5.41) is 69.1. The molecule has 0 saturated carbocycles. The SMILES string of the molecule is CCC/C=C/CO[C@@H]1O[C@H](CO)[C@@H](O)[C@H](O)[C@H]1O[C@@H]1O[C@H](CO)[C@@H](O)[C@H](O)[C@H]1O. The van der Waals surface area contributed by atoms with Crippen LogP contribution in [0.1, 0.15) is 19.8 Å². The lowest BCUT2D eigenvalue weighted by Gasteiger charge is -2.45. The summed E-state index contributed by atoms with van der Waals surface area (Å²) in [6, 6.07) is 0. The summed E-state index contributed by atoms with van der Waals surface area (Å²) in [7, 11) is 0. The van der Waals surface area contributed by atoms with Crippen molar-refractivity contribution in [3.63, 3.8) is 0 Å². The van der Waals surface area contributed by atoms with Crippen LogP contribution in [0.3, 0.4) is 0 Å². The van der Waals surface area contributed by atoms with Gasteiger partial charge in [-0.05, 0) is 6.42 Å². The maximum absolute atomic E-state index is 10.4. The van der Waals surface area contributed by atoms with Crippen LogP contribution in [0.25, 0.3) is 0 Å². The van der Waals surface area contributed by atoms with Gasteiger partial charge in [-0.15, -0.1) is 0 Å². The van der Waals surface area contributed by atoms with E-state index in [0.717, 1.165) is 12.8 Å². The Kier molecular flexibility index (Phi) is 9.85. The van der Waals surface area contributed by atoms with Gasteiger partial charge in [0.05, 0.1) is 19.8 Å². The molecule has 0 bridgehead atoms. The number of allylic oxidation sites excluding steroid dienone is 1. The van der Waals surface area contributed by atoms with Gasteiger partial charge in [0.2, 0.25) is 0 Å². The van der Waals surface area contributed by atoms with Crippen LogP contribution < -0.4 is 0 Å². The van der Waals surface area contributed by atoms with E-state index in [0.29, 0.717) is 0 Å². The van der Waals surface area contributed by atoms with Crippen molar-refractivity contribution in [2.45, 2.75) is 81.2 Å². The first kappa shape index (κ1) is 24.6. The fourth-order valence-electron chi connectivity index (χ4n) is 3.17. The van der Waals surface area contributed by atoms with Crippen molar-refractivity contribution in [1.29, 1.82) is 0 Å². The number of hydrogen-bond acceptors (Lipinski definition) is 11. The molecule has 0 aromatic carbocycles. The lowest BCUT2D eigenvalue weighted by molar-refractivity contribution is -0.366. The predicted molar refractivity (Wildman–Crippen MR) is 96.4 cm³/mol. The quantitative estimate of drug-likeness (QED) is 0.187. The first-order valence-corrected chi connectivity index (χ1v) is 9.70. The van der Waals surface area contributed by atoms with Crippen LogP contribution in [0, 0.1) is 0 Å². The first-order valence-electron chi connectivity index (χ1n) is 9.70. The number of aliphatic hydroxyl groups excluding tert-OH is 7. The maximum Gasteiger partial charge on any atom is 0.187 e. The summed E-state index contributed by atoms with van der Waals surface area (Å²) >= 11 is 0. The molecule has 0 aromatic rings. The molecule has 0 spiro atoms. The van der Waals surface area contributed by atoms with Crippen LogP contribution in [0.2, 0.25) is 0 Å². The molecule has 2 saturated heterocycles. The molecule has 2 fully saturated rings. The summed E-state index contributed by atoms with van der Waals surface area (Å²) in [5.41, 5.74) is 0.